The molecule has 5 rings (SSSR count). The Balaban J connectivity index is 1.47. The molecule has 5 aromatic rings. The molecule has 0 saturated carbocycles. The van der Waals surface area contributed by atoms with Crippen molar-refractivity contribution in [3.8, 4) is 5.75 Å². The molecule has 10 heteroatoms. The van der Waals surface area contributed by atoms with Crippen LogP contribution in [0, 0.1) is 6.92 Å². The monoisotopic (exact) mass is 575 g/mol. The fraction of sp³-hybridized carbons (Fsp3) is 0.167. The SMILES string of the molecule is COc1ccc2c(c1)c(CC(=O)ON(C(N)=O)C(C)c1cc3ccccc3s1)c(C)n2C(=O)c1ccc(Cl)cc1. The molecule has 2 N–H and O–H groups in total. The summed E-state index contributed by atoms with van der Waals surface area (Å²) in [6, 6.07) is 20.1. The van der Waals surface area contributed by atoms with Crippen molar-refractivity contribution >= 4 is 61.8 Å². The van der Waals surface area contributed by atoms with E-state index >= 15 is 0 Å². The Bertz CT molecular complexity index is 1730. The minimum atomic E-state index is -0.892. The molecule has 1 atom stereocenters. The number of carbonyl (C=O) groups excluding carboxylic acids is 3. The van der Waals surface area contributed by atoms with Crippen molar-refractivity contribution in [2.24, 2.45) is 5.73 Å². The first-order valence-electron chi connectivity index (χ1n) is 12.4. The zero-order chi connectivity index (χ0) is 28.6. The van der Waals surface area contributed by atoms with Gasteiger partial charge in [-0.05, 0) is 79.4 Å². The fourth-order valence-corrected chi connectivity index (χ4v) is 5.94. The van der Waals surface area contributed by atoms with Gasteiger partial charge in [-0.25, -0.2) is 9.59 Å². The maximum absolute atomic E-state index is 13.5. The van der Waals surface area contributed by atoms with E-state index in [-0.39, 0.29) is 12.3 Å². The van der Waals surface area contributed by atoms with Gasteiger partial charge in [0.15, 0.2) is 0 Å². The second-order valence-electron chi connectivity index (χ2n) is 9.26. The first-order valence-corrected chi connectivity index (χ1v) is 13.6. The number of hydroxylamine groups is 2. The molecule has 0 saturated heterocycles. The van der Waals surface area contributed by atoms with Crippen molar-refractivity contribution in [3.63, 3.8) is 0 Å². The van der Waals surface area contributed by atoms with E-state index in [0.29, 0.717) is 38.5 Å². The number of nitrogens with zero attached hydrogens (tertiary/aromatic N) is 2. The number of rotatable bonds is 6. The van der Waals surface area contributed by atoms with Gasteiger partial charge < -0.3 is 15.3 Å². The number of benzene rings is 3. The van der Waals surface area contributed by atoms with Crippen LogP contribution in [0.1, 0.15) is 39.5 Å². The molecule has 204 valence electrons. The lowest BCUT2D eigenvalue weighted by atomic mass is 10.1. The molecule has 0 radical (unpaired) electrons. The number of hydrogen-bond donors (Lipinski definition) is 1. The Morgan fingerprint density at radius 2 is 1.77 bits per heavy atom. The summed E-state index contributed by atoms with van der Waals surface area (Å²) in [4.78, 5) is 45.5. The minimum absolute atomic E-state index is 0.209. The highest BCUT2D eigenvalue weighted by molar-refractivity contribution is 7.19. The van der Waals surface area contributed by atoms with Crippen LogP contribution in [-0.2, 0) is 16.1 Å². The van der Waals surface area contributed by atoms with Gasteiger partial charge >= 0.3 is 12.0 Å². The molecule has 8 nitrogen and oxygen atoms in total. The molecule has 2 amide bonds. The van der Waals surface area contributed by atoms with E-state index in [1.807, 2.05) is 30.3 Å². The molecule has 0 aliphatic carbocycles. The third-order valence-electron chi connectivity index (χ3n) is 6.78. The van der Waals surface area contributed by atoms with Gasteiger partial charge in [-0.1, -0.05) is 29.8 Å². The number of urea groups is 1. The topological polar surface area (TPSA) is 104 Å². The normalized spacial score (nSPS) is 11.9. The first-order chi connectivity index (χ1) is 19.2. The number of nitrogens with two attached hydrogens (primary N) is 1. The van der Waals surface area contributed by atoms with Crippen LogP contribution < -0.4 is 10.5 Å². The Hall–Kier alpha value is -4.34. The van der Waals surface area contributed by atoms with Crippen LogP contribution in [0.4, 0.5) is 4.79 Å². The summed E-state index contributed by atoms with van der Waals surface area (Å²) in [5.41, 5.74) is 7.80. The van der Waals surface area contributed by atoms with Crippen LogP contribution in [0.3, 0.4) is 0 Å². The van der Waals surface area contributed by atoms with Crippen LogP contribution in [0.15, 0.2) is 72.8 Å². The van der Waals surface area contributed by atoms with Crippen molar-refractivity contribution < 1.29 is 24.0 Å². The predicted molar refractivity (Wildman–Crippen MR) is 156 cm³/mol. The van der Waals surface area contributed by atoms with Gasteiger partial charge in [0, 0.05) is 31.2 Å². The van der Waals surface area contributed by atoms with E-state index in [4.69, 9.17) is 26.9 Å². The van der Waals surface area contributed by atoms with Crippen LogP contribution >= 0.6 is 22.9 Å². The maximum atomic E-state index is 13.5. The van der Waals surface area contributed by atoms with Crippen molar-refractivity contribution in [1.82, 2.24) is 9.63 Å². The Labute approximate surface area is 239 Å². The van der Waals surface area contributed by atoms with Gasteiger partial charge in [0.2, 0.25) is 0 Å². The van der Waals surface area contributed by atoms with Crippen molar-refractivity contribution in [2.45, 2.75) is 26.3 Å². The quantitative estimate of drug-likeness (QED) is 0.228. The zero-order valence-corrected chi connectivity index (χ0v) is 23.6. The van der Waals surface area contributed by atoms with Crippen LogP contribution in [-0.4, -0.2) is 34.6 Å². The number of hydrogen-bond acceptors (Lipinski definition) is 6. The van der Waals surface area contributed by atoms with Gasteiger partial charge in [-0.3, -0.25) is 9.36 Å². The molecule has 3 aromatic carbocycles. The van der Waals surface area contributed by atoms with E-state index in [0.717, 1.165) is 20.0 Å². The molecular weight excluding hydrogens is 550 g/mol. The van der Waals surface area contributed by atoms with Crippen LogP contribution in [0.25, 0.3) is 21.0 Å². The van der Waals surface area contributed by atoms with E-state index < -0.39 is 18.0 Å². The summed E-state index contributed by atoms with van der Waals surface area (Å²) < 4.78 is 7.99. The Morgan fingerprint density at radius 3 is 2.45 bits per heavy atom. The summed E-state index contributed by atoms with van der Waals surface area (Å²) in [5, 5.41) is 3.08. The molecule has 1 unspecified atom stereocenters. The summed E-state index contributed by atoms with van der Waals surface area (Å²) in [6.45, 7) is 3.50. The standard InChI is InChI=1S/C30H26ClN3O5S/c1-17-23(16-28(35)39-34(30(32)37)18(2)27-14-20-6-4-5-7-26(20)40-27)24-15-22(38-3)12-13-25(24)33(17)29(36)19-8-10-21(31)11-9-19/h4-15,18H,16H2,1-3H3,(H2,32,37). The number of fused-ring (bicyclic) bond motifs is 2. The predicted octanol–water partition coefficient (Wildman–Crippen LogP) is 6.66. The highest BCUT2D eigenvalue weighted by Gasteiger charge is 2.28. The highest BCUT2D eigenvalue weighted by Crippen LogP contribution is 2.34. The second-order valence-corrected chi connectivity index (χ2v) is 10.8. The van der Waals surface area contributed by atoms with Gasteiger partial charge in [-0.15, -0.1) is 16.4 Å². The van der Waals surface area contributed by atoms with Gasteiger partial charge in [-0.2, -0.15) is 0 Å². The van der Waals surface area contributed by atoms with Crippen LogP contribution in [0.2, 0.25) is 5.02 Å². The number of aromatic nitrogens is 1. The van der Waals surface area contributed by atoms with Gasteiger partial charge in [0.1, 0.15) is 11.8 Å². The molecule has 40 heavy (non-hydrogen) atoms. The van der Waals surface area contributed by atoms with E-state index in [1.165, 1.54) is 18.4 Å². The molecule has 2 heterocycles. The first kappa shape index (κ1) is 27.2. The fourth-order valence-electron chi connectivity index (χ4n) is 4.72. The number of halogens is 1. The Morgan fingerprint density at radius 1 is 1.05 bits per heavy atom. The third-order valence-corrected chi connectivity index (χ3v) is 8.32. The van der Waals surface area contributed by atoms with E-state index in [2.05, 4.69) is 0 Å². The summed E-state index contributed by atoms with van der Waals surface area (Å²) >= 11 is 7.50. The average Bonchev–Trinajstić information content (AvgIpc) is 3.50. The average molecular weight is 576 g/mol. The summed E-state index contributed by atoms with van der Waals surface area (Å²) in [7, 11) is 1.54. The van der Waals surface area contributed by atoms with Crippen molar-refractivity contribution in [1.29, 1.82) is 0 Å². The molecule has 0 bridgehead atoms. The molecule has 0 aliphatic rings. The Kier molecular flexibility index (Phi) is 7.51. The van der Waals surface area contributed by atoms with Gasteiger partial charge in [0.05, 0.1) is 19.0 Å². The lowest BCUT2D eigenvalue weighted by Gasteiger charge is -2.24. The molecule has 0 spiro atoms. The van der Waals surface area contributed by atoms with Crippen LogP contribution in [0.5, 0.6) is 5.75 Å². The number of amides is 2. The molecular formula is C30H26ClN3O5S. The number of carbonyl (C=O) groups is 3. The van der Waals surface area contributed by atoms with Crippen molar-refractivity contribution in [2.75, 3.05) is 7.11 Å². The van der Waals surface area contributed by atoms with Gasteiger partial charge in [0.25, 0.3) is 5.91 Å². The second kappa shape index (κ2) is 11.0. The zero-order valence-electron chi connectivity index (χ0n) is 22.0. The highest BCUT2D eigenvalue weighted by atomic mass is 35.5. The molecule has 2 aromatic heterocycles. The smallest absolute Gasteiger partial charge is 0.348 e. The van der Waals surface area contributed by atoms with Crippen molar-refractivity contribution in [3.05, 3.63) is 99.5 Å². The molecule has 0 aliphatic heterocycles. The maximum Gasteiger partial charge on any atom is 0.348 e. The molecule has 0 fully saturated rings. The van der Waals surface area contributed by atoms with E-state index in [1.54, 1.807) is 60.9 Å². The third kappa shape index (κ3) is 5.13. The largest absolute Gasteiger partial charge is 0.497 e. The lowest BCUT2D eigenvalue weighted by Crippen LogP contribution is -2.39. The summed E-state index contributed by atoms with van der Waals surface area (Å²) in [6.07, 6.45) is -0.209. The number of methoxy groups -OCH3 is 1. The lowest BCUT2D eigenvalue weighted by molar-refractivity contribution is -0.182. The number of ether oxygens (including phenoxy) is 1. The van der Waals surface area contributed by atoms with E-state index in [9.17, 15) is 14.4 Å². The number of primary amides is 1. The minimum Gasteiger partial charge on any atom is -0.497 e. The number of thiophene rings is 1. The summed E-state index contributed by atoms with van der Waals surface area (Å²) in [5.74, 6) is -0.410.